The minimum absolute atomic E-state index is 0. The van der Waals surface area contributed by atoms with E-state index in [4.69, 9.17) is 5.73 Å². The molecule has 8 heteroatoms. The SMILES string of the molecule is CC(N)(C(=O)NCCc1nnc2n1CCCCC2)c1ccccc1.Cl.Cl. The van der Waals surface area contributed by atoms with Gasteiger partial charge in [-0.05, 0) is 25.3 Å². The fraction of sp³-hybridized carbons (Fsp3) is 0.500. The van der Waals surface area contributed by atoms with E-state index in [-0.39, 0.29) is 30.7 Å². The second-order valence-electron chi connectivity index (χ2n) is 6.57. The van der Waals surface area contributed by atoms with Crippen LogP contribution in [-0.2, 0) is 29.7 Å². The molecule has 0 radical (unpaired) electrons. The Balaban J connectivity index is 0.00000169. The molecule has 0 saturated carbocycles. The summed E-state index contributed by atoms with van der Waals surface area (Å²) >= 11 is 0. The monoisotopic (exact) mass is 399 g/mol. The van der Waals surface area contributed by atoms with Crippen LogP contribution in [-0.4, -0.2) is 27.2 Å². The normalized spacial score (nSPS) is 15.5. The largest absolute Gasteiger partial charge is 0.354 e. The third kappa shape index (κ3) is 4.96. The maximum absolute atomic E-state index is 12.5. The standard InChI is InChI=1S/C18H25N5O.2ClH/c1-18(19,14-8-4-2-5-9-14)17(24)20-12-11-16-22-21-15-10-6-3-7-13-23(15)16;;/h2,4-5,8-9H,3,6-7,10-13,19H2,1H3,(H,20,24);2*1H. The van der Waals surface area contributed by atoms with Crippen molar-refractivity contribution < 1.29 is 4.79 Å². The molecule has 1 unspecified atom stereocenters. The van der Waals surface area contributed by atoms with Crippen LogP contribution in [0.3, 0.4) is 0 Å². The summed E-state index contributed by atoms with van der Waals surface area (Å²) in [4.78, 5) is 12.5. The number of nitrogens with two attached hydrogens (primary N) is 1. The molecule has 0 aliphatic carbocycles. The fourth-order valence-electron chi connectivity index (χ4n) is 3.12. The quantitative estimate of drug-likeness (QED) is 0.807. The molecular weight excluding hydrogens is 373 g/mol. The highest BCUT2D eigenvalue weighted by molar-refractivity contribution is 5.87. The average Bonchev–Trinajstić information content (AvgIpc) is 2.82. The van der Waals surface area contributed by atoms with Crippen LogP contribution in [0.1, 0.15) is 43.4 Å². The highest BCUT2D eigenvalue weighted by atomic mass is 35.5. The summed E-state index contributed by atoms with van der Waals surface area (Å²) in [6.07, 6.45) is 5.25. The molecule has 0 saturated heterocycles. The summed E-state index contributed by atoms with van der Waals surface area (Å²) in [6.45, 7) is 3.22. The van der Waals surface area contributed by atoms with Crippen molar-refractivity contribution in [1.29, 1.82) is 0 Å². The molecular formula is C18H27Cl2N5O. The Morgan fingerprint density at radius 3 is 2.65 bits per heavy atom. The predicted octanol–water partition coefficient (Wildman–Crippen LogP) is 2.38. The number of hydrogen-bond donors (Lipinski definition) is 2. The lowest BCUT2D eigenvalue weighted by atomic mass is 9.92. The summed E-state index contributed by atoms with van der Waals surface area (Å²) < 4.78 is 2.21. The van der Waals surface area contributed by atoms with Gasteiger partial charge in [-0.15, -0.1) is 35.0 Å². The van der Waals surface area contributed by atoms with E-state index >= 15 is 0 Å². The van der Waals surface area contributed by atoms with E-state index in [9.17, 15) is 4.79 Å². The molecule has 6 nitrogen and oxygen atoms in total. The van der Waals surface area contributed by atoms with E-state index in [1.54, 1.807) is 6.92 Å². The Hall–Kier alpha value is -1.63. The van der Waals surface area contributed by atoms with Gasteiger partial charge in [0.2, 0.25) is 5.91 Å². The first-order valence-electron chi connectivity index (χ1n) is 8.62. The van der Waals surface area contributed by atoms with Gasteiger partial charge in [0.05, 0.1) is 0 Å². The van der Waals surface area contributed by atoms with Crippen molar-refractivity contribution in [2.75, 3.05) is 6.54 Å². The second-order valence-corrected chi connectivity index (χ2v) is 6.57. The molecule has 1 aromatic heterocycles. The van der Waals surface area contributed by atoms with Gasteiger partial charge < -0.3 is 15.6 Å². The number of nitrogens with one attached hydrogen (secondary N) is 1. The van der Waals surface area contributed by atoms with Crippen LogP contribution in [0.25, 0.3) is 0 Å². The summed E-state index contributed by atoms with van der Waals surface area (Å²) in [6, 6.07) is 9.43. The molecule has 2 heterocycles. The average molecular weight is 400 g/mol. The van der Waals surface area contributed by atoms with Crippen LogP contribution in [0.5, 0.6) is 0 Å². The van der Waals surface area contributed by atoms with Crippen LogP contribution in [0.4, 0.5) is 0 Å². The molecule has 144 valence electrons. The van der Waals surface area contributed by atoms with Gasteiger partial charge in [0, 0.05) is 25.9 Å². The van der Waals surface area contributed by atoms with Crippen molar-refractivity contribution in [3.8, 4) is 0 Å². The van der Waals surface area contributed by atoms with Crippen molar-refractivity contribution in [2.45, 2.75) is 51.1 Å². The number of aromatic nitrogens is 3. The van der Waals surface area contributed by atoms with Gasteiger partial charge in [0.1, 0.15) is 17.2 Å². The van der Waals surface area contributed by atoms with Crippen LogP contribution >= 0.6 is 24.8 Å². The Morgan fingerprint density at radius 1 is 1.19 bits per heavy atom. The number of amides is 1. The van der Waals surface area contributed by atoms with Gasteiger partial charge >= 0.3 is 0 Å². The number of hydrogen-bond acceptors (Lipinski definition) is 4. The topological polar surface area (TPSA) is 85.8 Å². The zero-order valence-electron chi connectivity index (χ0n) is 15.0. The maximum atomic E-state index is 12.5. The van der Waals surface area contributed by atoms with Crippen molar-refractivity contribution >= 4 is 30.7 Å². The molecule has 1 atom stereocenters. The second kappa shape index (κ2) is 9.90. The number of rotatable bonds is 5. The number of aryl methyl sites for hydroxylation is 1. The molecule has 0 spiro atoms. The summed E-state index contributed by atoms with van der Waals surface area (Å²) in [5, 5.41) is 11.5. The summed E-state index contributed by atoms with van der Waals surface area (Å²) in [5.74, 6) is 1.84. The number of carbonyl (C=O) groups excluding carboxylic acids is 1. The molecule has 1 aromatic carbocycles. The zero-order valence-corrected chi connectivity index (χ0v) is 16.6. The molecule has 0 fully saturated rings. The Morgan fingerprint density at radius 2 is 1.92 bits per heavy atom. The van der Waals surface area contributed by atoms with Gasteiger partial charge in [0.25, 0.3) is 0 Å². The lowest BCUT2D eigenvalue weighted by Gasteiger charge is -2.24. The molecule has 0 bridgehead atoms. The molecule has 26 heavy (non-hydrogen) atoms. The first-order chi connectivity index (χ1) is 11.6. The van der Waals surface area contributed by atoms with E-state index in [2.05, 4.69) is 20.1 Å². The van der Waals surface area contributed by atoms with Crippen molar-refractivity contribution in [2.24, 2.45) is 5.73 Å². The first kappa shape index (κ1) is 22.4. The lowest BCUT2D eigenvalue weighted by molar-refractivity contribution is -0.126. The molecule has 1 amide bonds. The van der Waals surface area contributed by atoms with E-state index in [1.807, 2.05) is 30.3 Å². The zero-order chi connectivity index (χ0) is 17.0. The molecule has 3 N–H and O–H groups in total. The highest BCUT2D eigenvalue weighted by Gasteiger charge is 2.30. The highest BCUT2D eigenvalue weighted by Crippen LogP contribution is 2.17. The minimum Gasteiger partial charge on any atom is -0.354 e. The Labute approximate surface area is 166 Å². The number of halogens is 2. The van der Waals surface area contributed by atoms with Crippen molar-refractivity contribution in [1.82, 2.24) is 20.1 Å². The van der Waals surface area contributed by atoms with E-state index in [1.165, 1.54) is 19.3 Å². The third-order valence-electron chi connectivity index (χ3n) is 4.67. The van der Waals surface area contributed by atoms with Gasteiger partial charge in [-0.2, -0.15) is 0 Å². The Kier molecular flexibility index (Phi) is 8.53. The van der Waals surface area contributed by atoms with Crippen LogP contribution in [0.2, 0.25) is 0 Å². The maximum Gasteiger partial charge on any atom is 0.244 e. The molecule has 1 aliphatic heterocycles. The lowest BCUT2D eigenvalue weighted by Crippen LogP contribution is -2.49. The van der Waals surface area contributed by atoms with Crippen molar-refractivity contribution in [3.63, 3.8) is 0 Å². The first-order valence-corrected chi connectivity index (χ1v) is 8.62. The van der Waals surface area contributed by atoms with Crippen LogP contribution in [0, 0.1) is 0 Å². The smallest absolute Gasteiger partial charge is 0.244 e. The van der Waals surface area contributed by atoms with Gasteiger partial charge in [0.15, 0.2) is 0 Å². The number of carbonyl (C=O) groups is 1. The van der Waals surface area contributed by atoms with Crippen LogP contribution in [0.15, 0.2) is 30.3 Å². The third-order valence-corrected chi connectivity index (χ3v) is 4.67. The summed E-state index contributed by atoms with van der Waals surface area (Å²) in [7, 11) is 0. The van der Waals surface area contributed by atoms with E-state index in [0.29, 0.717) is 13.0 Å². The molecule has 1 aliphatic rings. The number of benzene rings is 1. The minimum atomic E-state index is -1.04. The number of fused-ring (bicyclic) bond motifs is 1. The predicted molar refractivity (Wildman–Crippen MR) is 107 cm³/mol. The van der Waals surface area contributed by atoms with Crippen molar-refractivity contribution in [3.05, 3.63) is 47.5 Å². The Bertz CT molecular complexity index is 703. The summed E-state index contributed by atoms with van der Waals surface area (Å²) in [5.41, 5.74) is 5.99. The molecule has 3 rings (SSSR count). The van der Waals surface area contributed by atoms with E-state index in [0.717, 1.165) is 30.2 Å². The van der Waals surface area contributed by atoms with Crippen LogP contribution < -0.4 is 11.1 Å². The number of nitrogens with zero attached hydrogens (tertiary/aromatic N) is 3. The molecule has 2 aromatic rings. The van der Waals surface area contributed by atoms with Gasteiger partial charge in [-0.3, -0.25) is 4.79 Å². The fourth-order valence-corrected chi connectivity index (χ4v) is 3.12. The van der Waals surface area contributed by atoms with E-state index < -0.39 is 5.54 Å². The van der Waals surface area contributed by atoms with Gasteiger partial charge in [-0.1, -0.05) is 36.8 Å². The van der Waals surface area contributed by atoms with Gasteiger partial charge in [-0.25, -0.2) is 0 Å².